The smallest absolute Gasteiger partial charge is 0.346 e. The molecule has 0 aliphatic heterocycles. The molecule has 0 aliphatic rings. The summed E-state index contributed by atoms with van der Waals surface area (Å²) < 4.78 is 29.5. The molecule has 0 radical (unpaired) electrons. The molecule has 0 saturated carbocycles. The molecule has 0 N–H and O–H groups in total. The van der Waals surface area contributed by atoms with Crippen LogP contribution in [0.3, 0.4) is 0 Å². The Labute approximate surface area is 122 Å². The van der Waals surface area contributed by atoms with Crippen LogP contribution in [0.2, 0.25) is 0 Å². The number of nitro groups is 1. The normalized spacial score (nSPS) is 11.1. The average Bonchev–Trinajstić information content (AvgIpc) is 2.42. The molecule has 2 rings (SSSR count). The largest absolute Gasteiger partial charge is 0.379 e. The minimum atomic E-state index is -4.27. The number of hydrogen-bond acceptors (Lipinski definition) is 5. The summed E-state index contributed by atoms with van der Waals surface area (Å²) in [7, 11) is -4.27. The van der Waals surface area contributed by atoms with E-state index in [1.54, 1.807) is 19.1 Å². The molecule has 6 nitrogen and oxygen atoms in total. The van der Waals surface area contributed by atoms with E-state index in [-0.39, 0.29) is 5.75 Å². The summed E-state index contributed by atoms with van der Waals surface area (Å²) >= 11 is 0. The molecule has 0 heterocycles. The zero-order valence-corrected chi connectivity index (χ0v) is 12.3. The average molecular weight is 307 g/mol. The van der Waals surface area contributed by atoms with Gasteiger partial charge in [-0.05, 0) is 31.5 Å². The summed E-state index contributed by atoms with van der Waals surface area (Å²) in [5, 5.41) is 10.9. The lowest BCUT2D eigenvalue weighted by Gasteiger charge is -2.10. The number of rotatable bonds is 4. The Balaban J connectivity index is 2.46. The van der Waals surface area contributed by atoms with Crippen LogP contribution in [-0.2, 0) is 10.1 Å². The van der Waals surface area contributed by atoms with Crippen LogP contribution in [0.15, 0.2) is 47.4 Å². The van der Waals surface area contributed by atoms with Crippen LogP contribution in [0.4, 0.5) is 5.69 Å². The van der Waals surface area contributed by atoms with Crippen LogP contribution in [0, 0.1) is 24.0 Å². The maximum atomic E-state index is 12.2. The fourth-order valence-electron chi connectivity index (χ4n) is 1.88. The van der Waals surface area contributed by atoms with Gasteiger partial charge in [-0.15, -0.1) is 0 Å². The van der Waals surface area contributed by atoms with Crippen molar-refractivity contribution in [2.75, 3.05) is 0 Å². The lowest BCUT2D eigenvalue weighted by atomic mass is 10.1. The zero-order valence-electron chi connectivity index (χ0n) is 11.4. The summed E-state index contributed by atoms with van der Waals surface area (Å²) in [5.41, 5.74) is 1.09. The highest BCUT2D eigenvalue weighted by molar-refractivity contribution is 7.87. The molecule has 0 fully saturated rings. The number of nitrogens with zero attached hydrogens (tertiary/aromatic N) is 1. The van der Waals surface area contributed by atoms with E-state index in [4.69, 9.17) is 4.18 Å². The van der Waals surface area contributed by atoms with Gasteiger partial charge in [0.25, 0.3) is 5.69 Å². The molecule has 0 atom stereocenters. The number of para-hydroxylation sites is 1. The fraction of sp³-hybridized carbons (Fsp3) is 0.143. The van der Waals surface area contributed by atoms with Crippen molar-refractivity contribution in [3.8, 4) is 5.75 Å². The second-order valence-electron chi connectivity index (χ2n) is 4.53. The highest BCUT2D eigenvalue weighted by Gasteiger charge is 2.27. The SMILES string of the molecule is Cc1ccc(OS(=O)(=O)c2ccccc2[N+](=O)[O-])c(C)c1. The minimum absolute atomic E-state index is 0.152. The first kappa shape index (κ1) is 15.0. The second-order valence-corrected chi connectivity index (χ2v) is 6.05. The number of nitro benzene ring substituents is 1. The Morgan fingerprint density at radius 1 is 1.10 bits per heavy atom. The van der Waals surface area contributed by atoms with Crippen molar-refractivity contribution in [1.29, 1.82) is 0 Å². The lowest BCUT2D eigenvalue weighted by Crippen LogP contribution is -2.12. The molecule has 0 aliphatic carbocycles. The van der Waals surface area contributed by atoms with E-state index in [0.717, 1.165) is 17.7 Å². The van der Waals surface area contributed by atoms with Crippen LogP contribution < -0.4 is 4.18 Å². The van der Waals surface area contributed by atoms with Crippen molar-refractivity contribution in [1.82, 2.24) is 0 Å². The molecule has 0 amide bonds. The quantitative estimate of drug-likeness (QED) is 0.492. The third kappa shape index (κ3) is 3.19. The molecule has 21 heavy (non-hydrogen) atoms. The predicted molar refractivity (Wildman–Crippen MR) is 76.8 cm³/mol. The third-order valence-corrected chi connectivity index (χ3v) is 4.14. The minimum Gasteiger partial charge on any atom is -0.379 e. The van der Waals surface area contributed by atoms with Gasteiger partial charge in [0.2, 0.25) is 0 Å². The van der Waals surface area contributed by atoms with E-state index in [1.807, 2.05) is 6.92 Å². The molecule has 0 aromatic heterocycles. The highest BCUT2D eigenvalue weighted by Crippen LogP contribution is 2.28. The standard InChI is InChI=1S/C14H13NO5S/c1-10-7-8-13(11(2)9-10)20-21(18,19)14-6-4-3-5-12(14)15(16)17/h3-9H,1-2H3. The van der Waals surface area contributed by atoms with E-state index in [2.05, 4.69) is 0 Å². The monoisotopic (exact) mass is 307 g/mol. The van der Waals surface area contributed by atoms with Gasteiger partial charge in [-0.2, -0.15) is 8.42 Å². The summed E-state index contributed by atoms with van der Waals surface area (Å²) in [6.07, 6.45) is 0. The predicted octanol–water partition coefficient (Wildman–Crippen LogP) is 2.98. The maximum absolute atomic E-state index is 12.2. The third-order valence-electron chi connectivity index (χ3n) is 2.86. The maximum Gasteiger partial charge on any atom is 0.346 e. The van der Waals surface area contributed by atoms with Crippen molar-refractivity contribution in [2.45, 2.75) is 18.7 Å². The first-order valence-electron chi connectivity index (χ1n) is 6.06. The molecule has 0 unspecified atom stereocenters. The zero-order chi connectivity index (χ0) is 15.6. The topological polar surface area (TPSA) is 86.5 Å². The van der Waals surface area contributed by atoms with Gasteiger partial charge < -0.3 is 4.18 Å². The lowest BCUT2D eigenvalue weighted by molar-refractivity contribution is -0.387. The first-order chi connectivity index (χ1) is 9.81. The number of aryl methyl sites for hydroxylation is 2. The molecule has 110 valence electrons. The van der Waals surface area contributed by atoms with Crippen LogP contribution in [0.1, 0.15) is 11.1 Å². The van der Waals surface area contributed by atoms with Gasteiger partial charge in [0.15, 0.2) is 4.90 Å². The number of hydrogen-bond donors (Lipinski definition) is 0. The summed E-state index contributed by atoms with van der Waals surface area (Å²) in [6, 6.07) is 10.1. The van der Waals surface area contributed by atoms with E-state index < -0.39 is 25.6 Å². The van der Waals surface area contributed by atoms with Crippen molar-refractivity contribution < 1.29 is 17.5 Å². The Hall–Kier alpha value is -2.41. The second kappa shape index (κ2) is 5.53. The van der Waals surface area contributed by atoms with Crippen LogP contribution >= 0.6 is 0 Å². The Morgan fingerprint density at radius 3 is 2.38 bits per heavy atom. The van der Waals surface area contributed by atoms with E-state index in [1.165, 1.54) is 18.2 Å². The van der Waals surface area contributed by atoms with E-state index in [9.17, 15) is 18.5 Å². The van der Waals surface area contributed by atoms with Crippen molar-refractivity contribution >= 4 is 15.8 Å². The van der Waals surface area contributed by atoms with Crippen LogP contribution in [-0.4, -0.2) is 13.3 Å². The Morgan fingerprint density at radius 2 is 1.76 bits per heavy atom. The van der Waals surface area contributed by atoms with Crippen molar-refractivity contribution in [2.24, 2.45) is 0 Å². The summed E-state index contributed by atoms with van der Waals surface area (Å²) in [4.78, 5) is 9.70. The molecule has 2 aromatic carbocycles. The van der Waals surface area contributed by atoms with E-state index in [0.29, 0.717) is 5.56 Å². The molecular formula is C14H13NO5S. The molecule has 0 spiro atoms. The molecule has 0 bridgehead atoms. The summed E-state index contributed by atoms with van der Waals surface area (Å²) in [6.45, 7) is 3.57. The number of benzene rings is 2. The molecule has 7 heteroatoms. The van der Waals surface area contributed by atoms with Crippen molar-refractivity contribution in [3.63, 3.8) is 0 Å². The van der Waals surface area contributed by atoms with Gasteiger partial charge in [0, 0.05) is 6.07 Å². The van der Waals surface area contributed by atoms with Crippen LogP contribution in [0.5, 0.6) is 5.75 Å². The van der Waals surface area contributed by atoms with Gasteiger partial charge >= 0.3 is 10.1 Å². The summed E-state index contributed by atoms with van der Waals surface area (Å²) in [5.74, 6) is 0.152. The fourth-order valence-corrected chi connectivity index (χ4v) is 3.03. The van der Waals surface area contributed by atoms with E-state index >= 15 is 0 Å². The molecule has 2 aromatic rings. The van der Waals surface area contributed by atoms with Gasteiger partial charge in [-0.3, -0.25) is 10.1 Å². The van der Waals surface area contributed by atoms with Gasteiger partial charge in [0.05, 0.1) is 4.92 Å². The first-order valence-corrected chi connectivity index (χ1v) is 7.47. The van der Waals surface area contributed by atoms with Crippen molar-refractivity contribution in [3.05, 3.63) is 63.7 Å². The molecular weight excluding hydrogens is 294 g/mol. The van der Waals surface area contributed by atoms with Gasteiger partial charge in [-0.25, -0.2) is 0 Å². The molecule has 0 saturated heterocycles. The highest BCUT2D eigenvalue weighted by atomic mass is 32.2. The van der Waals surface area contributed by atoms with Crippen LogP contribution in [0.25, 0.3) is 0 Å². The van der Waals surface area contributed by atoms with Gasteiger partial charge in [0.1, 0.15) is 5.75 Å². The Kier molecular flexibility index (Phi) is 3.95. The van der Waals surface area contributed by atoms with Gasteiger partial charge in [-0.1, -0.05) is 29.8 Å². The Bertz CT molecular complexity index is 799.